The molecular weight excluding hydrogens is 332 g/mol. The minimum absolute atomic E-state index is 0.132. The third-order valence-electron chi connectivity index (χ3n) is 5.78. The molecule has 134 valence electrons. The molecule has 2 aromatic rings. The zero-order chi connectivity index (χ0) is 17.5. The highest BCUT2D eigenvalue weighted by molar-refractivity contribution is 5.60. The van der Waals surface area contributed by atoms with Crippen molar-refractivity contribution >= 4 is 0 Å². The average molecular weight is 352 g/mol. The van der Waals surface area contributed by atoms with E-state index in [1.165, 1.54) is 11.1 Å². The highest BCUT2D eigenvalue weighted by atomic mass is 16.7. The van der Waals surface area contributed by atoms with Gasteiger partial charge >= 0.3 is 0 Å². The Labute approximate surface area is 151 Å². The Morgan fingerprint density at radius 2 is 1.54 bits per heavy atom. The van der Waals surface area contributed by atoms with Crippen LogP contribution in [0.4, 0.5) is 0 Å². The fraction of sp³-hybridized carbons (Fsp3) is 0.429. The summed E-state index contributed by atoms with van der Waals surface area (Å²) < 4.78 is 29.5. The van der Waals surface area contributed by atoms with Crippen molar-refractivity contribution in [2.24, 2.45) is 0 Å². The van der Waals surface area contributed by atoms with E-state index in [0.29, 0.717) is 0 Å². The largest absolute Gasteiger partial charge is 0.487 e. The molecule has 2 aromatic carbocycles. The van der Waals surface area contributed by atoms with E-state index < -0.39 is 0 Å². The van der Waals surface area contributed by atoms with Crippen LogP contribution in [0.15, 0.2) is 24.3 Å². The van der Waals surface area contributed by atoms with Crippen molar-refractivity contribution in [1.82, 2.24) is 0 Å². The van der Waals surface area contributed by atoms with E-state index in [1.807, 2.05) is 12.1 Å². The minimum Gasteiger partial charge on any atom is -0.487 e. The van der Waals surface area contributed by atoms with Crippen molar-refractivity contribution in [2.45, 2.75) is 50.9 Å². The van der Waals surface area contributed by atoms with Gasteiger partial charge in [0.05, 0.1) is 0 Å². The lowest BCUT2D eigenvalue weighted by molar-refractivity contribution is -0.0271. The van der Waals surface area contributed by atoms with Crippen LogP contribution in [0.3, 0.4) is 0 Å². The highest BCUT2D eigenvalue weighted by Crippen LogP contribution is 2.52. The summed E-state index contributed by atoms with van der Waals surface area (Å²) in [6.07, 6.45) is 2.57. The quantitative estimate of drug-likeness (QED) is 0.713. The maximum Gasteiger partial charge on any atom is 0.242 e. The Balaban J connectivity index is 1.48. The molecule has 0 amide bonds. The number of hydrogen-bond acceptors (Lipinski definition) is 5. The van der Waals surface area contributed by atoms with Gasteiger partial charge in [0, 0.05) is 35.6 Å². The second-order valence-electron chi connectivity index (χ2n) is 8.06. The summed E-state index contributed by atoms with van der Waals surface area (Å²) in [6.45, 7) is 4.53. The SMILES string of the molecule is CC1(C)CCc2cc3c(cc2O1)O[C@H]1C[C@@H]3c2cc3c(cc2O1)OCO3. The first-order chi connectivity index (χ1) is 12.6. The molecule has 4 heterocycles. The first-order valence-corrected chi connectivity index (χ1v) is 9.18. The van der Waals surface area contributed by atoms with E-state index in [1.54, 1.807) is 0 Å². The number of rotatable bonds is 0. The van der Waals surface area contributed by atoms with Crippen LogP contribution in [0.25, 0.3) is 0 Å². The van der Waals surface area contributed by atoms with Crippen molar-refractivity contribution in [3.8, 4) is 28.7 Å². The number of fused-ring (bicyclic) bond motifs is 8. The zero-order valence-electron chi connectivity index (χ0n) is 14.8. The van der Waals surface area contributed by atoms with Gasteiger partial charge in [0.2, 0.25) is 13.1 Å². The van der Waals surface area contributed by atoms with Crippen molar-refractivity contribution in [3.05, 3.63) is 41.0 Å². The molecule has 0 fully saturated rings. The molecule has 5 nitrogen and oxygen atoms in total. The second kappa shape index (κ2) is 4.78. The van der Waals surface area contributed by atoms with Gasteiger partial charge < -0.3 is 23.7 Å². The molecule has 2 atom stereocenters. The number of benzene rings is 2. The molecular formula is C21H20O5. The van der Waals surface area contributed by atoms with Crippen molar-refractivity contribution < 1.29 is 23.7 Å². The van der Waals surface area contributed by atoms with E-state index >= 15 is 0 Å². The van der Waals surface area contributed by atoms with Gasteiger partial charge in [-0.3, -0.25) is 0 Å². The van der Waals surface area contributed by atoms with Gasteiger partial charge in [0.1, 0.15) is 22.8 Å². The van der Waals surface area contributed by atoms with Crippen LogP contribution in [-0.4, -0.2) is 18.7 Å². The van der Waals surface area contributed by atoms with Crippen LogP contribution in [0.1, 0.15) is 49.3 Å². The summed E-state index contributed by atoms with van der Waals surface area (Å²) in [5.41, 5.74) is 3.49. The highest BCUT2D eigenvalue weighted by Gasteiger charge is 2.40. The topological polar surface area (TPSA) is 46.2 Å². The molecule has 0 spiro atoms. The molecule has 0 N–H and O–H groups in total. The lowest BCUT2D eigenvalue weighted by Crippen LogP contribution is -2.36. The fourth-order valence-corrected chi connectivity index (χ4v) is 4.41. The van der Waals surface area contributed by atoms with Gasteiger partial charge in [-0.15, -0.1) is 0 Å². The lowest BCUT2D eigenvalue weighted by Gasteiger charge is -2.39. The zero-order valence-corrected chi connectivity index (χ0v) is 14.8. The Bertz CT molecular complexity index is 932. The second-order valence-corrected chi connectivity index (χ2v) is 8.06. The fourth-order valence-electron chi connectivity index (χ4n) is 4.41. The van der Waals surface area contributed by atoms with Crippen LogP contribution < -0.4 is 23.7 Å². The Morgan fingerprint density at radius 1 is 0.846 bits per heavy atom. The van der Waals surface area contributed by atoms with Crippen LogP contribution in [-0.2, 0) is 6.42 Å². The number of aryl methyl sites for hydroxylation is 1. The Morgan fingerprint density at radius 3 is 2.35 bits per heavy atom. The van der Waals surface area contributed by atoms with Crippen LogP contribution in [0.2, 0.25) is 0 Å². The third kappa shape index (κ3) is 2.03. The maximum absolute atomic E-state index is 6.18. The molecule has 5 heteroatoms. The van der Waals surface area contributed by atoms with Gasteiger partial charge in [0.25, 0.3) is 0 Å². The number of hydrogen-bond donors (Lipinski definition) is 0. The molecule has 4 aliphatic rings. The summed E-state index contributed by atoms with van der Waals surface area (Å²) in [5, 5.41) is 0. The average Bonchev–Trinajstić information content (AvgIpc) is 3.05. The van der Waals surface area contributed by atoms with Crippen molar-refractivity contribution in [1.29, 1.82) is 0 Å². The molecule has 0 saturated heterocycles. The van der Waals surface area contributed by atoms with Gasteiger partial charge in [-0.1, -0.05) is 0 Å². The van der Waals surface area contributed by atoms with Crippen LogP contribution >= 0.6 is 0 Å². The molecule has 0 unspecified atom stereocenters. The first kappa shape index (κ1) is 14.6. The Hall–Kier alpha value is -2.56. The standard InChI is InChI=1S/C21H20O5/c1-21(2)4-3-11-5-13-12-7-20(24-16(13)8-15(11)26-21)25-17-9-19-18(6-14(12)17)22-10-23-19/h5-6,8-9,12,20H,3-4,7,10H2,1-2H3/t12-,20+/m0/s1. The smallest absolute Gasteiger partial charge is 0.242 e. The molecule has 0 aromatic heterocycles. The molecule has 26 heavy (non-hydrogen) atoms. The van der Waals surface area contributed by atoms with E-state index in [-0.39, 0.29) is 24.6 Å². The van der Waals surface area contributed by atoms with Gasteiger partial charge in [-0.05, 0) is 44.4 Å². The van der Waals surface area contributed by atoms with Gasteiger partial charge in [-0.2, -0.15) is 0 Å². The molecule has 0 aliphatic carbocycles. The summed E-state index contributed by atoms with van der Waals surface area (Å²) in [7, 11) is 0. The predicted octanol–water partition coefficient (Wildman–Crippen LogP) is 4.15. The summed E-state index contributed by atoms with van der Waals surface area (Å²) >= 11 is 0. The van der Waals surface area contributed by atoms with Gasteiger partial charge in [-0.25, -0.2) is 0 Å². The van der Waals surface area contributed by atoms with E-state index in [4.69, 9.17) is 23.7 Å². The van der Waals surface area contributed by atoms with Gasteiger partial charge in [0.15, 0.2) is 11.5 Å². The van der Waals surface area contributed by atoms with Crippen LogP contribution in [0.5, 0.6) is 28.7 Å². The summed E-state index contributed by atoms with van der Waals surface area (Å²) in [4.78, 5) is 0. The minimum atomic E-state index is -0.282. The predicted molar refractivity (Wildman–Crippen MR) is 93.5 cm³/mol. The summed E-state index contributed by atoms with van der Waals surface area (Å²) in [5.74, 6) is 4.40. The maximum atomic E-state index is 6.18. The van der Waals surface area contributed by atoms with E-state index in [0.717, 1.165) is 53.6 Å². The lowest BCUT2D eigenvalue weighted by atomic mass is 9.82. The normalized spacial score (nSPS) is 25.8. The number of ether oxygens (including phenoxy) is 5. The molecule has 0 radical (unpaired) electrons. The summed E-state index contributed by atoms with van der Waals surface area (Å²) in [6, 6.07) is 8.30. The molecule has 6 rings (SSSR count). The van der Waals surface area contributed by atoms with Crippen LogP contribution in [0, 0.1) is 0 Å². The van der Waals surface area contributed by atoms with E-state index in [9.17, 15) is 0 Å². The van der Waals surface area contributed by atoms with Crippen molar-refractivity contribution in [2.75, 3.05) is 6.79 Å². The molecule has 0 saturated carbocycles. The molecule has 2 bridgehead atoms. The third-order valence-corrected chi connectivity index (χ3v) is 5.78. The molecule has 4 aliphatic heterocycles. The first-order valence-electron chi connectivity index (χ1n) is 9.18. The Kier molecular flexibility index (Phi) is 2.68. The van der Waals surface area contributed by atoms with Crippen molar-refractivity contribution in [3.63, 3.8) is 0 Å². The monoisotopic (exact) mass is 352 g/mol. The van der Waals surface area contributed by atoms with E-state index in [2.05, 4.69) is 26.0 Å².